The molecule has 7 heteroatoms. The molecule has 146 valence electrons. The Labute approximate surface area is 174 Å². The third kappa shape index (κ3) is 5.33. The number of thioether (sulfide) groups is 1. The lowest BCUT2D eigenvalue weighted by Crippen LogP contribution is -2.28. The summed E-state index contributed by atoms with van der Waals surface area (Å²) in [5.41, 5.74) is 5.84. The smallest absolute Gasteiger partial charge is 0.233 e. The van der Waals surface area contributed by atoms with Crippen LogP contribution in [0.2, 0.25) is 0 Å². The molecule has 0 radical (unpaired) electrons. The molecular formula is C21H24N4OS2. The molecule has 0 unspecified atom stereocenters. The molecule has 3 aromatic rings. The lowest BCUT2D eigenvalue weighted by atomic mass is 10.1. The maximum absolute atomic E-state index is 12.4. The van der Waals surface area contributed by atoms with Gasteiger partial charge in [0, 0.05) is 19.3 Å². The summed E-state index contributed by atoms with van der Waals surface area (Å²) in [5, 5.41) is 12.4. The van der Waals surface area contributed by atoms with E-state index in [1.165, 1.54) is 45.4 Å². The molecule has 3 rings (SSSR count). The van der Waals surface area contributed by atoms with E-state index in [0.717, 1.165) is 15.2 Å². The Kier molecular flexibility index (Phi) is 6.70. The van der Waals surface area contributed by atoms with E-state index >= 15 is 0 Å². The molecule has 0 fully saturated rings. The van der Waals surface area contributed by atoms with Crippen molar-refractivity contribution in [3.8, 4) is 0 Å². The van der Waals surface area contributed by atoms with Gasteiger partial charge in [0.25, 0.3) is 0 Å². The Balaban J connectivity index is 1.52. The molecule has 0 spiro atoms. The lowest BCUT2D eigenvalue weighted by Gasteiger charge is -2.18. The number of hydrogen-bond acceptors (Lipinski definition) is 6. The molecule has 5 nitrogen and oxygen atoms in total. The van der Waals surface area contributed by atoms with Gasteiger partial charge in [-0.15, -0.1) is 10.2 Å². The summed E-state index contributed by atoms with van der Waals surface area (Å²) in [6, 6.07) is 14.3. The van der Waals surface area contributed by atoms with Crippen LogP contribution < -0.4 is 5.32 Å². The van der Waals surface area contributed by atoms with E-state index in [1.54, 1.807) is 4.90 Å². The second kappa shape index (κ2) is 9.21. The van der Waals surface area contributed by atoms with Crippen LogP contribution in [0.3, 0.4) is 0 Å². The summed E-state index contributed by atoms with van der Waals surface area (Å²) in [6.45, 7) is 6.85. The van der Waals surface area contributed by atoms with Crippen molar-refractivity contribution in [1.29, 1.82) is 0 Å². The molecule has 0 saturated carbocycles. The fraction of sp³-hybridized carbons (Fsp3) is 0.286. The van der Waals surface area contributed by atoms with Crippen LogP contribution in [0.25, 0.3) is 0 Å². The summed E-state index contributed by atoms with van der Waals surface area (Å²) in [5.74, 6) is 0.424. The summed E-state index contributed by atoms with van der Waals surface area (Å²) >= 11 is 2.88. The van der Waals surface area contributed by atoms with Crippen LogP contribution in [0, 0.1) is 20.8 Å². The standard InChI is InChI=1S/C21H24N4OS2/c1-14-9-10-18(11-16(14)3)22-20-23-24-21(28-20)27-13-19(26)25(4)12-17-8-6-5-7-15(17)2/h5-11H,12-13H2,1-4H3,(H,22,23). The molecule has 2 aromatic carbocycles. The van der Waals surface area contributed by atoms with Gasteiger partial charge >= 0.3 is 0 Å². The number of nitrogens with one attached hydrogen (secondary N) is 1. The summed E-state index contributed by atoms with van der Waals surface area (Å²) in [4.78, 5) is 14.2. The maximum atomic E-state index is 12.4. The van der Waals surface area contributed by atoms with Crippen molar-refractivity contribution < 1.29 is 4.79 Å². The van der Waals surface area contributed by atoms with E-state index in [-0.39, 0.29) is 5.91 Å². The zero-order chi connectivity index (χ0) is 20.1. The zero-order valence-electron chi connectivity index (χ0n) is 16.5. The number of aryl methyl sites for hydroxylation is 3. The Morgan fingerprint density at radius 2 is 1.86 bits per heavy atom. The molecule has 28 heavy (non-hydrogen) atoms. The summed E-state index contributed by atoms with van der Waals surface area (Å²) in [7, 11) is 1.84. The fourth-order valence-corrected chi connectivity index (χ4v) is 4.34. The number of benzene rings is 2. The molecule has 0 aliphatic heterocycles. The normalized spacial score (nSPS) is 10.7. The van der Waals surface area contributed by atoms with Crippen LogP contribution in [-0.4, -0.2) is 33.8 Å². The molecule has 1 heterocycles. The Morgan fingerprint density at radius 3 is 2.61 bits per heavy atom. The van der Waals surface area contributed by atoms with Gasteiger partial charge in [0.2, 0.25) is 11.0 Å². The van der Waals surface area contributed by atoms with E-state index in [4.69, 9.17) is 0 Å². The minimum Gasteiger partial charge on any atom is -0.341 e. The van der Waals surface area contributed by atoms with E-state index in [0.29, 0.717) is 12.3 Å². The first-order valence-electron chi connectivity index (χ1n) is 9.01. The SMILES string of the molecule is Cc1ccc(Nc2nnc(SCC(=O)N(C)Cc3ccccc3C)s2)cc1C. The van der Waals surface area contributed by atoms with E-state index < -0.39 is 0 Å². The fourth-order valence-electron chi connectivity index (χ4n) is 2.63. The predicted molar refractivity (Wildman–Crippen MR) is 117 cm³/mol. The highest BCUT2D eigenvalue weighted by molar-refractivity contribution is 8.01. The van der Waals surface area contributed by atoms with E-state index in [2.05, 4.69) is 60.6 Å². The van der Waals surface area contributed by atoms with Crippen LogP contribution >= 0.6 is 23.1 Å². The average Bonchev–Trinajstić information content (AvgIpc) is 3.12. The van der Waals surface area contributed by atoms with Crippen LogP contribution in [0.15, 0.2) is 46.8 Å². The highest BCUT2D eigenvalue weighted by Gasteiger charge is 2.13. The topological polar surface area (TPSA) is 58.1 Å². The van der Waals surface area contributed by atoms with Gasteiger partial charge < -0.3 is 10.2 Å². The van der Waals surface area contributed by atoms with Crippen molar-refractivity contribution >= 4 is 39.8 Å². The minimum atomic E-state index is 0.0760. The van der Waals surface area contributed by atoms with Gasteiger partial charge in [0.15, 0.2) is 4.34 Å². The average molecular weight is 413 g/mol. The number of rotatable bonds is 7. The third-order valence-corrected chi connectivity index (χ3v) is 6.54. The van der Waals surface area contributed by atoms with Crippen molar-refractivity contribution in [3.05, 3.63) is 64.7 Å². The number of hydrogen-bond donors (Lipinski definition) is 1. The highest BCUT2D eigenvalue weighted by Crippen LogP contribution is 2.28. The Hall–Kier alpha value is -2.38. The van der Waals surface area contributed by atoms with Crippen LogP contribution in [0.4, 0.5) is 10.8 Å². The molecule has 0 aliphatic carbocycles. The molecule has 1 amide bonds. The van der Waals surface area contributed by atoms with Gasteiger partial charge in [0.05, 0.1) is 5.75 Å². The molecule has 0 aliphatic rings. The number of nitrogens with zero attached hydrogens (tertiary/aromatic N) is 3. The Morgan fingerprint density at radius 1 is 1.07 bits per heavy atom. The number of aromatic nitrogens is 2. The monoisotopic (exact) mass is 412 g/mol. The highest BCUT2D eigenvalue weighted by atomic mass is 32.2. The summed E-state index contributed by atoms with van der Waals surface area (Å²) < 4.78 is 0.781. The van der Waals surface area contributed by atoms with Crippen LogP contribution in [-0.2, 0) is 11.3 Å². The summed E-state index contributed by atoms with van der Waals surface area (Å²) in [6.07, 6.45) is 0. The molecule has 0 bridgehead atoms. The third-order valence-electron chi connectivity index (χ3n) is 4.58. The van der Waals surface area contributed by atoms with Gasteiger partial charge in [-0.05, 0) is 55.2 Å². The number of amides is 1. The maximum Gasteiger partial charge on any atom is 0.233 e. The van der Waals surface area contributed by atoms with Crippen molar-refractivity contribution in [2.75, 3.05) is 18.1 Å². The molecule has 1 N–H and O–H groups in total. The largest absolute Gasteiger partial charge is 0.341 e. The quantitative estimate of drug-likeness (QED) is 0.556. The number of carbonyl (C=O) groups excluding carboxylic acids is 1. The lowest BCUT2D eigenvalue weighted by molar-refractivity contribution is -0.127. The van der Waals surface area contributed by atoms with E-state index in [9.17, 15) is 4.79 Å². The van der Waals surface area contributed by atoms with Gasteiger partial charge in [-0.25, -0.2) is 0 Å². The minimum absolute atomic E-state index is 0.0760. The molecule has 1 aromatic heterocycles. The molecular weight excluding hydrogens is 388 g/mol. The zero-order valence-corrected chi connectivity index (χ0v) is 18.2. The second-order valence-electron chi connectivity index (χ2n) is 6.76. The Bertz CT molecular complexity index is 971. The van der Waals surface area contributed by atoms with Crippen LogP contribution in [0.5, 0.6) is 0 Å². The number of carbonyl (C=O) groups is 1. The first kappa shape index (κ1) is 20.4. The van der Waals surface area contributed by atoms with Gasteiger partial charge in [-0.2, -0.15) is 0 Å². The van der Waals surface area contributed by atoms with E-state index in [1.807, 2.05) is 25.2 Å². The van der Waals surface area contributed by atoms with Gasteiger partial charge in [-0.1, -0.05) is 53.4 Å². The molecule has 0 saturated heterocycles. The van der Waals surface area contributed by atoms with Gasteiger partial charge in [0.1, 0.15) is 0 Å². The predicted octanol–water partition coefficient (Wildman–Crippen LogP) is 4.96. The van der Waals surface area contributed by atoms with Crippen molar-refractivity contribution in [2.24, 2.45) is 0 Å². The van der Waals surface area contributed by atoms with Crippen molar-refractivity contribution in [3.63, 3.8) is 0 Å². The molecule has 0 atom stereocenters. The number of anilines is 2. The van der Waals surface area contributed by atoms with Crippen molar-refractivity contribution in [1.82, 2.24) is 15.1 Å². The second-order valence-corrected chi connectivity index (χ2v) is 8.96. The van der Waals surface area contributed by atoms with Gasteiger partial charge in [-0.3, -0.25) is 4.79 Å². The van der Waals surface area contributed by atoms with Crippen LogP contribution in [0.1, 0.15) is 22.3 Å². The van der Waals surface area contributed by atoms with Crippen molar-refractivity contribution in [2.45, 2.75) is 31.7 Å². The first-order valence-corrected chi connectivity index (χ1v) is 10.8. The first-order chi connectivity index (χ1) is 13.4.